The van der Waals surface area contributed by atoms with Gasteiger partial charge in [0.25, 0.3) is 5.91 Å². The van der Waals surface area contributed by atoms with Crippen LogP contribution in [0.25, 0.3) is 0 Å². The summed E-state index contributed by atoms with van der Waals surface area (Å²) in [6.07, 6.45) is 0.810. The lowest BCUT2D eigenvalue weighted by Gasteiger charge is -2.24. The van der Waals surface area contributed by atoms with Crippen LogP contribution in [-0.4, -0.2) is 57.3 Å². The number of hydrazone groups is 1. The Morgan fingerprint density at radius 2 is 1.68 bits per heavy atom. The molecule has 2 amide bonds. The van der Waals surface area contributed by atoms with E-state index in [4.69, 9.17) is 14.6 Å². The monoisotopic (exact) mass is 666 g/mol. The van der Waals surface area contributed by atoms with Crippen LogP contribution in [0.15, 0.2) is 107 Å². The summed E-state index contributed by atoms with van der Waals surface area (Å²) in [6.45, 7) is 0.695. The predicted molar refractivity (Wildman–Crippen MR) is 183 cm³/mol. The second kappa shape index (κ2) is 15.1. The van der Waals surface area contributed by atoms with E-state index in [1.54, 1.807) is 30.6 Å². The molecule has 240 valence electrons. The minimum absolute atomic E-state index is 0.0806. The van der Waals surface area contributed by atoms with Gasteiger partial charge in [0.1, 0.15) is 0 Å². The smallest absolute Gasteiger partial charge is 0.253 e. The summed E-state index contributed by atoms with van der Waals surface area (Å²) in [5, 5.41) is 20.8. The lowest BCUT2D eigenvalue weighted by atomic mass is 9.99. The molecule has 3 aromatic carbocycles. The second-order valence-electron chi connectivity index (χ2n) is 10.8. The van der Waals surface area contributed by atoms with Crippen LogP contribution < -0.4 is 14.8 Å². The van der Waals surface area contributed by atoms with E-state index in [0.717, 1.165) is 27.3 Å². The molecule has 5 aromatic rings. The third-order valence-corrected chi connectivity index (χ3v) is 9.59. The molecule has 0 fully saturated rings. The van der Waals surface area contributed by atoms with Crippen LogP contribution in [0.1, 0.15) is 39.9 Å². The first-order valence-corrected chi connectivity index (χ1v) is 16.9. The van der Waals surface area contributed by atoms with E-state index in [9.17, 15) is 9.59 Å². The number of aromatic nitrogens is 3. The third kappa shape index (κ3) is 7.55. The van der Waals surface area contributed by atoms with Gasteiger partial charge >= 0.3 is 0 Å². The number of para-hydroxylation sites is 1. The van der Waals surface area contributed by atoms with Gasteiger partial charge in [0.05, 0.1) is 56.1 Å². The van der Waals surface area contributed by atoms with Crippen molar-refractivity contribution < 1.29 is 19.1 Å². The van der Waals surface area contributed by atoms with Gasteiger partial charge in [0.15, 0.2) is 22.5 Å². The van der Waals surface area contributed by atoms with Crippen LogP contribution in [-0.2, 0) is 29.1 Å². The van der Waals surface area contributed by atoms with Gasteiger partial charge in [-0.15, -0.1) is 21.5 Å². The van der Waals surface area contributed by atoms with Crippen LogP contribution in [0, 0.1) is 0 Å². The summed E-state index contributed by atoms with van der Waals surface area (Å²) < 4.78 is 13.2. The standard InChI is InChI=1S/C35H34N6O4S2/c1-44-29-16-9-15-26(34(29)45-2)28-20-27(30-17-10-18-46-30)39-41(28)33(43)23-47-35-38-37-31(40(35)22-25-13-7-4-8-14-25)21-36-32(42)19-24-11-5-3-6-12-24/h3-18,28H,19-23H2,1-2H3,(H,36,42)/t28-/m1/s1. The van der Waals surface area contributed by atoms with E-state index in [1.165, 1.54) is 11.8 Å². The number of ether oxygens (including phenoxy) is 2. The van der Waals surface area contributed by atoms with Crippen molar-refractivity contribution >= 4 is 40.6 Å². The van der Waals surface area contributed by atoms with Crippen LogP contribution in [0.3, 0.4) is 0 Å². The topological polar surface area (TPSA) is 111 Å². The molecule has 0 radical (unpaired) electrons. The molecule has 0 saturated carbocycles. The number of rotatable bonds is 13. The highest BCUT2D eigenvalue weighted by atomic mass is 32.2. The normalized spacial score (nSPS) is 14.1. The SMILES string of the molecule is COc1cccc([C@H]2CC(c3cccs3)=NN2C(=O)CSc2nnc(CNC(=O)Cc3ccccc3)n2Cc2ccccc2)c1OC. The van der Waals surface area contributed by atoms with Gasteiger partial charge in [0.2, 0.25) is 5.91 Å². The summed E-state index contributed by atoms with van der Waals surface area (Å²) in [6, 6.07) is 28.8. The molecule has 1 aliphatic rings. The van der Waals surface area contributed by atoms with E-state index in [2.05, 4.69) is 15.5 Å². The zero-order valence-electron chi connectivity index (χ0n) is 26.0. The number of thioether (sulfide) groups is 1. The number of nitrogens with zero attached hydrogens (tertiary/aromatic N) is 5. The number of methoxy groups -OCH3 is 2. The highest BCUT2D eigenvalue weighted by Crippen LogP contribution is 2.42. The molecule has 0 bridgehead atoms. The van der Waals surface area contributed by atoms with Crippen LogP contribution in [0.2, 0.25) is 0 Å². The average Bonchev–Trinajstić information content (AvgIpc) is 3.88. The molecule has 0 aliphatic carbocycles. The maximum absolute atomic E-state index is 14.0. The highest BCUT2D eigenvalue weighted by molar-refractivity contribution is 7.99. The average molecular weight is 667 g/mol. The molecule has 1 atom stereocenters. The molecular formula is C35H34N6O4S2. The summed E-state index contributed by atoms with van der Waals surface area (Å²) in [5.74, 6) is 1.56. The van der Waals surface area contributed by atoms with E-state index >= 15 is 0 Å². The summed E-state index contributed by atoms with van der Waals surface area (Å²) in [5.41, 5.74) is 3.64. The fraction of sp³-hybridized carbons (Fsp3) is 0.229. The van der Waals surface area contributed by atoms with Crippen molar-refractivity contribution in [2.24, 2.45) is 5.10 Å². The zero-order chi connectivity index (χ0) is 32.6. The molecule has 0 spiro atoms. The molecule has 12 heteroatoms. The molecule has 3 heterocycles. The molecule has 6 rings (SSSR count). The summed E-state index contributed by atoms with van der Waals surface area (Å²) in [7, 11) is 3.19. The van der Waals surface area contributed by atoms with Gasteiger partial charge in [-0.1, -0.05) is 90.6 Å². The lowest BCUT2D eigenvalue weighted by molar-refractivity contribution is -0.130. The fourth-order valence-electron chi connectivity index (χ4n) is 5.44. The van der Waals surface area contributed by atoms with Crippen LogP contribution in [0.4, 0.5) is 0 Å². The number of hydrogen-bond acceptors (Lipinski definition) is 9. The minimum atomic E-state index is -0.372. The molecule has 1 N–H and O–H groups in total. The predicted octanol–water partition coefficient (Wildman–Crippen LogP) is 5.73. The summed E-state index contributed by atoms with van der Waals surface area (Å²) >= 11 is 2.89. The highest BCUT2D eigenvalue weighted by Gasteiger charge is 2.36. The van der Waals surface area contributed by atoms with E-state index in [0.29, 0.717) is 35.4 Å². The van der Waals surface area contributed by atoms with Crippen molar-refractivity contribution in [1.82, 2.24) is 25.1 Å². The van der Waals surface area contributed by atoms with Gasteiger partial charge in [0, 0.05) is 12.0 Å². The Hall–Kier alpha value is -4.94. The van der Waals surface area contributed by atoms with Gasteiger partial charge in [-0.05, 0) is 28.6 Å². The number of hydrogen-bond donors (Lipinski definition) is 1. The second-order valence-corrected chi connectivity index (χ2v) is 12.7. The Kier molecular flexibility index (Phi) is 10.3. The first kappa shape index (κ1) is 32.0. The van der Waals surface area contributed by atoms with Crippen molar-refractivity contribution in [3.05, 3.63) is 124 Å². The van der Waals surface area contributed by atoms with Crippen LogP contribution in [0.5, 0.6) is 11.5 Å². The molecule has 0 saturated heterocycles. The number of benzene rings is 3. The zero-order valence-corrected chi connectivity index (χ0v) is 27.7. The summed E-state index contributed by atoms with van der Waals surface area (Å²) in [4.78, 5) is 27.7. The first-order valence-electron chi connectivity index (χ1n) is 15.1. The van der Waals surface area contributed by atoms with Gasteiger partial charge in [-0.25, -0.2) is 5.01 Å². The van der Waals surface area contributed by atoms with E-state index in [-0.39, 0.29) is 36.6 Å². The molecule has 2 aromatic heterocycles. The lowest BCUT2D eigenvalue weighted by Crippen LogP contribution is -2.29. The van der Waals surface area contributed by atoms with Crippen molar-refractivity contribution in [3.63, 3.8) is 0 Å². The van der Waals surface area contributed by atoms with Crippen LogP contribution >= 0.6 is 23.1 Å². The fourth-order valence-corrected chi connectivity index (χ4v) is 6.97. The molecule has 10 nitrogen and oxygen atoms in total. The number of carbonyl (C=O) groups is 2. The van der Waals surface area contributed by atoms with Crippen molar-refractivity contribution in [2.45, 2.75) is 37.1 Å². The quantitative estimate of drug-likeness (QED) is 0.160. The van der Waals surface area contributed by atoms with Gasteiger partial charge in [-0.3, -0.25) is 9.59 Å². The molecular weight excluding hydrogens is 633 g/mol. The van der Waals surface area contributed by atoms with Crippen molar-refractivity contribution in [2.75, 3.05) is 20.0 Å². The Bertz CT molecular complexity index is 1840. The Morgan fingerprint density at radius 1 is 0.915 bits per heavy atom. The van der Waals surface area contributed by atoms with E-state index in [1.807, 2.05) is 101 Å². The Labute approximate surface area is 281 Å². The number of amides is 2. The third-order valence-electron chi connectivity index (χ3n) is 7.72. The first-order chi connectivity index (χ1) is 23.0. The van der Waals surface area contributed by atoms with Gasteiger partial charge in [-0.2, -0.15) is 5.10 Å². The number of thiophene rings is 1. The molecule has 1 aliphatic heterocycles. The molecule has 0 unspecified atom stereocenters. The van der Waals surface area contributed by atoms with Crippen molar-refractivity contribution in [3.8, 4) is 11.5 Å². The Balaban J connectivity index is 1.22. The van der Waals surface area contributed by atoms with E-state index < -0.39 is 0 Å². The van der Waals surface area contributed by atoms with Gasteiger partial charge < -0.3 is 19.4 Å². The maximum Gasteiger partial charge on any atom is 0.253 e. The van der Waals surface area contributed by atoms with Crippen molar-refractivity contribution in [1.29, 1.82) is 0 Å². The largest absolute Gasteiger partial charge is 0.493 e. The number of carbonyl (C=O) groups excluding carboxylic acids is 2. The molecule has 47 heavy (non-hydrogen) atoms. The minimum Gasteiger partial charge on any atom is -0.493 e. The Morgan fingerprint density at radius 3 is 2.38 bits per heavy atom. The maximum atomic E-state index is 14.0. The number of nitrogens with one attached hydrogen (secondary N) is 1.